The summed E-state index contributed by atoms with van der Waals surface area (Å²) >= 11 is 0. The Balaban J connectivity index is 0.00000225. The van der Waals surface area contributed by atoms with Crippen molar-refractivity contribution in [3.05, 3.63) is 30.1 Å². The molecule has 1 aromatic rings. The van der Waals surface area contributed by atoms with Gasteiger partial charge in [-0.3, -0.25) is 9.98 Å². The SMILES string of the molecule is CC(C)NC(N)=NCCc1ccccn1.I. The van der Waals surface area contributed by atoms with Crippen LogP contribution in [0.1, 0.15) is 19.5 Å². The van der Waals surface area contributed by atoms with E-state index in [0.29, 0.717) is 18.5 Å². The molecule has 0 aliphatic heterocycles. The summed E-state index contributed by atoms with van der Waals surface area (Å²) in [5.41, 5.74) is 6.70. The van der Waals surface area contributed by atoms with Gasteiger partial charge >= 0.3 is 0 Å². The molecule has 0 aliphatic rings. The molecular formula is C11H19IN4. The molecule has 0 unspecified atom stereocenters. The Kier molecular flexibility index (Phi) is 7.88. The fourth-order valence-electron chi connectivity index (χ4n) is 1.18. The van der Waals surface area contributed by atoms with Crippen LogP contribution < -0.4 is 11.1 Å². The van der Waals surface area contributed by atoms with Crippen molar-refractivity contribution in [1.29, 1.82) is 0 Å². The Morgan fingerprint density at radius 3 is 2.81 bits per heavy atom. The minimum absolute atomic E-state index is 0. The highest BCUT2D eigenvalue weighted by molar-refractivity contribution is 14.0. The molecule has 0 radical (unpaired) electrons. The molecular weight excluding hydrogens is 315 g/mol. The molecule has 0 spiro atoms. The maximum Gasteiger partial charge on any atom is 0.188 e. The summed E-state index contributed by atoms with van der Waals surface area (Å²) in [5.74, 6) is 0.501. The first-order valence-electron chi connectivity index (χ1n) is 5.15. The predicted molar refractivity (Wildman–Crippen MR) is 78.1 cm³/mol. The first kappa shape index (κ1) is 15.2. The van der Waals surface area contributed by atoms with Gasteiger partial charge in [-0.15, -0.1) is 24.0 Å². The topological polar surface area (TPSA) is 63.3 Å². The van der Waals surface area contributed by atoms with E-state index in [2.05, 4.69) is 15.3 Å². The molecule has 1 rings (SSSR count). The summed E-state index contributed by atoms with van der Waals surface area (Å²) in [5, 5.41) is 3.04. The number of aliphatic imine (C=N–C) groups is 1. The van der Waals surface area contributed by atoms with Crippen molar-refractivity contribution in [2.45, 2.75) is 26.3 Å². The van der Waals surface area contributed by atoms with Crippen LogP contribution in [0.15, 0.2) is 29.4 Å². The first-order chi connectivity index (χ1) is 7.18. The second kappa shape index (κ2) is 8.32. The fraction of sp³-hybridized carbons (Fsp3) is 0.455. The number of halogens is 1. The number of guanidine groups is 1. The molecule has 1 heterocycles. The lowest BCUT2D eigenvalue weighted by molar-refractivity contribution is 0.722. The van der Waals surface area contributed by atoms with Gasteiger partial charge in [-0.25, -0.2) is 0 Å². The van der Waals surface area contributed by atoms with Gasteiger partial charge in [0.25, 0.3) is 0 Å². The number of rotatable bonds is 4. The van der Waals surface area contributed by atoms with E-state index < -0.39 is 0 Å². The Labute approximate surface area is 114 Å². The van der Waals surface area contributed by atoms with Crippen LogP contribution >= 0.6 is 24.0 Å². The van der Waals surface area contributed by atoms with E-state index in [-0.39, 0.29) is 24.0 Å². The first-order valence-corrected chi connectivity index (χ1v) is 5.15. The second-order valence-corrected chi connectivity index (χ2v) is 3.64. The number of nitrogens with two attached hydrogens (primary N) is 1. The fourth-order valence-corrected chi connectivity index (χ4v) is 1.18. The Morgan fingerprint density at radius 2 is 2.25 bits per heavy atom. The van der Waals surface area contributed by atoms with E-state index >= 15 is 0 Å². The van der Waals surface area contributed by atoms with Crippen molar-refractivity contribution in [3.63, 3.8) is 0 Å². The molecule has 0 aromatic carbocycles. The van der Waals surface area contributed by atoms with Gasteiger partial charge < -0.3 is 11.1 Å². The molecule has 0 saturated heterocycles. The zero-order valence-electron chi connectivity index (χ0n) is 9.68. The van der Waals surface area contributed by atoms with E-state index in [4.69, 9.17) is 5.73 Å². The highest BCUT2D eigenvalue weighted by Crippen LogP contribution is 1.94. The van der Waals surface area contributed by atoms with E-state index in [0.717, 1.165) is 12.1 Å². The number of hydrogen-bond donors (Lipinski definition) is 2. The van der Waals surface area contributed by atoms with Gasteiger partial charge in [0.2, 0.25) is 0 Å². The maximum absolute atomic E-state index is 5.66. The molecule has 16 heavy (non-hydrogen) atoms. The van der Waals surface area contributed by atoms with E-state index in [1.807, 2.05) is 32.0 Å². The van der Waals surface area contributed by atoms with Crippen LogP contribution in [-0.2, 0) is 6.42 Å². The van der Waals surface area contributed by atoms with Crippen molar-refractivity contribution in [1.82, 2.24) is 10.3 Å². The average Bonchev–Trinajstić information content (AvgIpc) is 2.18. The third-order valence-electron chi connectivity index (χ3n) is 1.81. The molecule has 0 atom stereocenters. The molecule has 0 fully saturated rings. The summed E-state index contributed by atoms with van der Waals surface area (Å²) in [6.07, 6.45) is 2.61. The number of nitrogens with zero attached hydrogens (tertiary/aromatic N) is 2. The minimum Gasteiger partial charge on any atom is -0.370 e. The lowest BCUT2D eigenvalue weighted by Gasteiger charge is -2.08. The number of aromatic nitrogens is 1. The molecule has 4 nitrogen and oxygen atoms in total. The Bertz CT molecular complexity index is 311. The predicted octanol–water partition coefficient (Wildman–Crippen LogP) is 1.55. The molecule has 0 saturated carbocycles. The largest absolute Gasteiger partial charge is 0.370 e. The van der Waals surface area contributed by atoms with E-state index in [9.17, 15) is 0 Å². The number of hydrogen-bond acceptors (Lipinski definition) is 2. The van der Waals surface area contributed by atoms with Gasteiger partial charge in [0, 0.05) is 30.9 Å². The van der Waals surface area contributed by atoms with Gasteiger partial charge in [-0.2, -0.15) is 0 Å². The van der Waals surface area contributed by atoms with Crippen molar-refractivity contribution < 1.29 is 0 Å². The lowest BCUT2D eigenvalue weighted by Crippen LogP contribution is -2.36. The summed E-state index contributed by atoms with van der Waals surface area (Å²) in [7, 11) is 0. The molecule has 0 bridgehead atoms. The molecule has 5 heteroatoms. The zero-order chi connectivity index (χ0) is 11.1. The number of nitrogens with one attached hydrogen (secondary N) is 1. The van der Waals surface area contributed by atoms with E-state index in [1.54, 1.807) is 6.20 Å². The van der Waals surface area contributed by atoms with Crippen LogP contribution in [0.3, 0.4) is 0 Å². The highest BCUT2D eigenvalue weighted by atomic mass is 127. The third-order valence-corrected chi connectivity index (χ3v) is 1.81. The maximum atomic E-state index is 5.66. The van der Waals surface area contributed by atoms with Gasteiger partial charge in [0.05, 0.1) is 0 Å². The monoisotopic (exact) mass is 334 g/mol. The van der Waals surface area contributed by atoms with Gasteiger partial charge in [-0.1, -0.05) is 6.07 Å². The smallest absolute Gasteiger partial charge is 0.188 e. The molecule has 90 valence electrons. The lowest BCUT2D eigenvalue weighted by atomic mass is 10.3. The standard InChI is InChI=1S/C11H18N4.HI/c1-9(2)15-11(12)14-8-6-10-5-3-4-7-13-10;/h3-5,7,9H,6,8H2,1-2H3,(H3,12,14,15);1H. The molecule has 0 amide bonds. The molecule has 0 aliphatic carbocycles. The zero-order valence-corrected chi connectivity index (χ0v) is 12.0. The Morgan fingerprint density at radius 1 is 1.50 bits per heavy atom. The summed E-state index contributed by atoms with van der Waals surface area (Å²) < 4.78 is 0. The third kappa shape index (κ3) is 6.60. The van der Waals surface area contributed by atoms with Crippen LogP contribution in [0.2, 0.25) is 0 Å². The van der Waals surface area contributed by atoms with Gasteiger partial charge in [-0.05, 0) is 26.0 Å². The summed E-state index contributed by atoms with van der Waals surface area (Å²) in [6, 6.07) is 6.19. The van der Waals surface area contributed by atoms with Crippen molar-refractivity contribution in [2.24, 2.45) is 10.7 Å². The van der Waals surface area contributed by atoms with Crippen molar-refractivity contribution in [3.8, 4) is 0 Å². The normalized spacial score (nSPS) is 11.1. The van der Waals surface area contributed by atoms with Crippen LogP contribution in [0.25, 0.3) is 0 Å². The van der Waals surface area contributed by atoms with Gasteiger partial charge in [0.1, 0.15) is 0 Å². The van der Waals surface area contributed by atoms with E-state index in [1.165, 1.54) is 0 Å². The summed E-state index contributed by atoms with van der Waals surface area (Å²) in [6.45, 7) is 4.73. The highest BCUT2D eigenvalue weighted by Gasteiger charge is 1.95. The van der Waals surface area contributed by atoms with Crippen LogP contribution in [0.5, 0.6) is 0 Å². The van der Waals surface area contributed by atoms with Crippen LogP contribution in [0.4, 0.5) is 0 Å². The molecule has 1 aromatic heterocycles. The average molecular weight is 334 g/mol. The Hall–Kier alpha value is -0.850. The quantitative estimate of drug-likeness (QED) is 0.499. The minimum atomic E-state index is 0. The van der Waals surface area contributed by atoms with Crippen molar-refractivity contribution >= 4 is 29.9 Å². The van der Waals surface area contributed by atoms with Crippen LogP contribution in [-0.4, -0.2) is 23.5 Å². The molecule has 3 N–H and O–H groups in total. The van der Waals surface area contributed by atoms with Gasteiger partial charge in [0.15, 0.2) is 5.96 Å². The number of pyridine rings is 1. The van der Waals surface area contributed by atoms with Crippen LogP contribution in [0, 0.1) is 0 Å². The second-order valence-electron chi connectivity index (χ2n) is 3.64. The summed E-state index contributed by atoms with van der Waals surface area (Å²) in [4.78, 5) is 8.41. The van der Waals surface area contributed by atoms with Crippen molar-refractivity contribution in [2.75, 3.05) is 6.54 Å².